The standard InChI is InChI=1S/C24H21N3O2/c25-16-19-10-12-26-23(14-19)29-22-11-13-27(17-22)24(28)15-18-6-8-21(9-7-18)20-4-2-1-3-5-20/h1-10,12,14,22H,11,13,15,17H2. The highest BCUT2D eigenvalue weighted by molar-refractivity contribution is 5.79. The molecule has 1 unspecified atom stereocenters. The zero-order valence-corrected chi connectivity index (χ0v) is 16.0. The third-order valence-electron chi connectivity index (χ3n) is 5.07. The van der Waals surface area contributed by atoms with Crippen molar-refractivity contribution in [3.63, 3.8) is 0 Å². The van der Waals surface area contributed by atoms with E-state index in [1.807, 2.05) is 35.2 Å². The van der Waals surface area contributed by atoms with E-state index < -0.39 is 0 Å². The van der Waals surface area contributed by atoms with E-state index >= 15 is 0 Å². The van der Waals surface area contributed by atoms with Gasteiger partial charge in [-0.1, -0.05) is 54.6 Å². The quantitative estimate of drug-likeness (QED) is 0.671. The van der Waals surface area contributed by atoms with E-state index in [1.54, 1.807) is 18.3 Å². The van der Waals surface area contributed by atoms with Gasteiger partial charge < -0.3 is 9.64 Å². The molecule has 0 bridgehead atoms. The highest BCUT2D eigenvalue weighted by Crippen LogP contribution is 2.21. The first kappa shape index (κ1) is 18.7. The molecular formula is C24H21N3O2. The smallest absolute Gasteiger partial charge is 0.227 e. The van der Waals surface area contributed by atoms with Gasteiger partial charge in [0.1, 0.15) is 6.10 Å². The SMILES string of the molecule is N#Cc1ccnc(OC2CCN(C(=O)Cc3ccc(-c4ccccc4)cc3)C2)c1. The molecule has 5 heteroatoms. The maximum Gasteiger partial charge on any atom is 0.227 e. The van der Waals surface area contributed by atoms with Gasteiger partial charge in [0, 0.05) is 25.2 Å². The normalized spacial score (nSPS) is 15.7. The maximum atomic E-state index is 12.7. The van der Waals surface area contributed by atoms with Gasteiger partial charge in [-0.15, -0.1) is 0 Å². The molecule has 1 aromatic heterocycles. The monoisotopic (exact) mass is 383 g/mol. The van der Waals surface area contributed by atoms with Crippen LogP contribution in [0.4, 0.5) is 0 Å². The van der Waals surface area contributed by atoms with Crippen molar-refractivity contribution in [3.05, 3.63) is 84.1 Å². The molecule has 2 heterocycles. The summed E-state index contributed by atoms with van der Waals surface area (Å²) in [7, 11) is 0. The highest BCUT2D eigenvalue weighted by atomic mass is 16.5. The summed E-state index contributed by atoms with van der Waals surface area (Å²) in [6, 6.07) is 23.7. The lowest BCUT2D eigenvalue weighted by Crippen LogP contribution is -2.32. The van der Waals surface area contributed by atoms with Gasteiger partial charge in [0.2, 0.25) is 11.8 Å². The number of hydrogen-bond acceptors (Lipinski definition) is 4. The second kappa shape index (κ2) is 8.57. The van der Waals surface area contributed by atoms with Gasteiger partial charge in [0.15, 0.2) is 0 Å². The van der Waals surface area contributed by atoms with Crippen molar-refractivity contribution in [2.24, 2.45) is 0 Å². The van der Waals surface area contributed by atoms with Crippen molar-refractivity contribution in [2.45, 2.75) is 18.9 Å². The number of carbonyl (C=O) groups is 1. The first-order valence-corrected chi connectivity index (χ1v) is 9.66. The molecule has 1 aliphatic rings. The zero-order valence-electron chi connectivity index (χ0n) is 16.0. The first-order chi connectivity index (χ1) is 14.2. The van der Waals surface area contributed by atoms with Gasteiger partial charge in [0.25, 0.3) is 0 Å². The second-order valence-electron chi connectivity index (χ2n) is 7.10. The largest absolute Gasteiger partial charge is 0.472 e. The van der Waals surface area contributed by atoms with Crippen LogP contribution in [0.5, 0.6) is 5.88 Å². The van der Waals surface area contributed by atoms with Crippen molar-refractivity contribution in [3.8, 4) is 23.1 Å². The van der Waals surface area contributed by atoms with E-state index in [9.17, 15) is 4.79 Å². The Morgan fingerprint density at radius 1 is 1.10 bits per heavy atom. The van der Waals surface area contributed by atoms with Gasteiger partial charge in [-0.2, -0.15) is 5.26 Å². The fraction of sp³-hybridized carbons (Fsp3) is 0.208. The number of ether oxygens (including phenoxy) is 1. The maximum absolute atomic E-state index is 12.7. The molecule has 144 valence electrons. The molecule has 0 N–H and O–H groups in total. The Balaban J connectivity index is 1.33. The fourth-order valence-electron chi connectivity index (χ4n) is 3.50. The third-order valence-corrected chi connectivity index (χ3v) is 5.07. The Bertz CT molecular complexity index is 1030. The van der Waals surface area contributed by atoms with E-state index in [0.717, 1.165) is 17.5 Å². The number of carbonyl (C=O) groups excluding carboxylic acids is 1. The summed E-state index contributed by atoms with van der Waals surface area (Å²) in [5, 5.41) is 8.97. The number of nitrogens with zero attached hydrogens (tertiary/aromatic N) is 3. The molecule has 0 radical (unpaired) electrons. The average Bonchev–Trinajstić information content (AvgIpc) is 3.24. The van der Waals surface area contributed by atoms with E-state index in [4.69, 9.17) is 10.00 Å². The Morgan fingerprint density at radius 2 is 1.86 bits per heavy atom. The van der Waals surface area contributed by atoms with Crippen molar-refractivity contribution < 1.29 is 9.53 Å². The van der Waals surface area contributed by atoms with Gasteiger partial charge in [-0.05, 0) is 22.8 Å². The Morgan fingerprint density at radius 3 is 2.62 bits per heavy atom. The minimum Gasteiger partial charge on any atom is -0.472 e. The lowest BCUT2D eigenvalue weighted by atomic mass is 10.0. The summed E-state index contributed by atoms with van der Waals surface area (Å²) in [6.07, 6.45) is 2.60. The van der Waals surface area contributed by atoms with E-state index in [-0.39, 0.29) is 12.0 Å². The van der Waals surface area contributed by atoms with Crippen molar-refractivity contribution in [2.75, 3.05) is 13.1 Å². The van der Waals surface area contributed by atoms with E-state index in [2.05, 4.69) is 35.3 Å². The molecular weight excluding hydrogens is 362 g/mol. The van der Waals surface area contributed by atoms with Crippen LogP contribution < -0.4 is 4.74 Å². The minimum absolute atomic E-state index is 0.0964. The Labute approximate surface area is 170 Å². The third kappa shape index (κ3) is 4.61. The number of rotatable bonds is 5. The summed E-state index contributed by atoms with van der Waals surface area (Å²) < 4.78 is 5.86. The second-order valence-corrected chi connectivity index (χ2v) is 7.10. The molecule has 1 atom stereocenters. The molecule has 5 nitrogen and oxygen atoms in total. The number of likely N-dealkylation sites (tertiary alicyclic amines) is 1. The molecule has 3 aromatic rings. The molecule has 1 amide bonds. The molecule has 4 rings (SSSR count). The Kier molecular flexibility index (Phi) is 5.53. The van der Waals surface area contributed by atoms with Crippen molar-refractivity contribution in [1.29, 1.82) is 5.26 Å². The summed E-state index contributed by atoms with van der Waals surface area (Å²) in [6.45, 7) is 1.21. The van der Waals surface area contributed by atoms with Crippen LogP contribution in [0.25, 0.3) is 11.1 Å². The topological polar surface area (TPSA) is 66.2 Å². The molecule has 1 saturated heterocycles. The molecule has 29 heavy (non-hydrogen) atoms. The van der Waals surface area contributed by atoms with Crippen molar-refractivity contribution >= 4 is 5.91 Å². The number of aromatic nitrogens is 1. The number of nitriles is 1. The van der Waals surface area contributed by atoms with Crippen LogP contribution in [-0.4, -0.2) is 35.0 Å². The molecule has 0 aliphatic carbocycles. The molecule has 0 spiro atoms. The van der Waals surface area contributed by atoms with Crippen LogP contribution in [0.15, 0.2) is 72.9 Å². The number of pyridine rings is 1. The average molecular weight is 383 g/mol. The Hall–Kier alpha value is -3.65. The van der Waals surface area contributed by atoms with Crippen LogP contribution in [0.2, 0.25) is 0 Å². The number of hydrogen-bond donors (Lipinski definition) is 0. The highest BCUT2D eigenvalue weighted by Gasteiger charge is 2.27. The van der Waals surface area contributed by atoms with Gasteiger partial charge in [-0.3, -0.25) is 4.79 Å². The van der Waals surface area contributed by atoms with Gasteiger partial charge in [0.05, 0.1) is 24.6 Å². The van der Waals surface area contributed by atoms with Crippen LogP contribution in [0, 0.1) is 11.3 Å². The minimum atomic E-state index is -0.0964. The van der Waals surface area contributed by atoms with Gasteiger partial charge in [-0.25, -0.2) is 4.98 Å². The van der Waals surface area contributed by atoms with E-state index in [1.165, 1.54) is 5.56 Å². The molecule has 1 fully saturated rings. The van der Waals surface area contributed by atoms with Crippen LogP contribution >= 0.6 is 0 Å². The number of benzene rings is 2. The summed E-state index contributed by atoms with van der Waals surface area (Å²) in [5.74, 6) is 0.530. The van der Waals surface area contributed by atoms with Crippen LogP contribution in [-0.2, 0) is 11.2 Å². The lowest BCUT2D eigenvalue weighted by Gasteiger charge is -2.17. The lowest BCUT2D eigenvalue weighted by molar-refractivity contribution is -0.129. The zero-order chi connectivity index (χ0) is 20.1. The predicted molar refractivity (Wildman–Crippen MR) is 110 cm³/mol. The summed E-state index contributed by atoms with van der Waals surface area (Å²) >= 11 is 0. The molecule has 2 aromatic carbocycles. The van der Waals surface area contributed by atoms with E-state index in [0.29, 0.717) is 31.0 Å². The molecule has 1 aliphatic heterocycles. The van der Waals surface area contributed by atoms with Crippen LogP contribution in [0.3, 0.4) is 0 Å². The summed E-state index contributed by atoms with van der Waals surface area (Å²) in [4.78, 5) is 18.7. The molecule has 0 saturated carbocycles. The number of amides is 1. The van der Waals surface area contributed by atoms with Gasteiger partial charge >= 0.3 is 0 Å². The first-order valence-electron chi connectivity index (χ1n) is 9.66. The van der Waals surface area contributed by atoms with Crippen molar-refractivity contribution in [1.82, 2.24) is 9.88 Å². The van der Waals surface area contributed by atoms with Crippen LogP contribution in [0.1, 0.15) is 17.5 Å². The fourth-order valence-corrected chi connectivity index (χ4v) is 3.50. The summed E-state index contributed by atoms with van der Waals surface area (Å²) in [5.41, 5.74) is 3.82. The predicted octanol–water partition coefficient (Wildman–Crippen LogP) is 3.84.